The lowest BCUT2D eigenvalue weighted by atomic mass is 10.0. The summed E-state index contributed by atoms with van der Waals surface area (Å²) in [7, 11) is 0. The van der Waals surface area contributed by atoms with E-state index in [4.69, 9.17) is 0 Å². The van der Waals surface area contributed by atoms with Gasteiger partial charge in [0.2, 0.25) is 0 Å². The van der Waals surface area contributed by atoms with Gasteiger partial charge in [0, 0.05) is 16.0 Å². The molecule has 2 heterocycles. The molecule has 2 aromatic heterocycles. The maximum absolute atomic E-state index is 12.7. The first kappa shape index (κ1) is 16.5. The number of hydrogen-bond donors (Lipinski definition) is 2. The molecule has 3 rings (SSSR count). The highest BCUT2D eigenvalue weighted by molar-refractivity contribution is 7.10. The van der Waals surface area contributed by atoms with Crippen LogP contribution in [0.15, 0.2) is 47.8 Å². The van der Waals surface area contributed by atoms with E-state index >= 15 is 0 Å². The predicted molar refractivity (Wildman–Crippen MR) is 98.1 cm³/mol. The number of carbonyl (C=O) groups excluding carboxylic acids is 1. The minimum absolute atomic E-state index is 0.000347. The van der Waals surface area contributed by atoms with E-state index in [0.717, 1.165) is 16.8 Å². The molecule has 1 amide bonds. The van der Waals surface area contributed by atoms with Crippen molar-refractivity contribution in [3.05, 3.63) is 64.0 Å². The summed E-state index contributed by atoms with van der Waals surface area (Å²) < 4.78 is 0. The molecule has 0 saturated heterocycles. The van der Waals surface area contributed by atoms with Gasteiger partial charge >= 0.3 is 0 Å². The number of carbonyl (C=O) groups is 1. The number of aromatic amines is 1. The van der Waals surface area contributed by atoms with Gasteiger partial charge in [-0.15, -0.1) is 11.3 Å². The number of nitrogens with one attached hydrogen (secondary N) is 2. The summed E-state index contributed by atoms with van der Waals surface area (Å²) >= 11 is 1.66. The Morgan fingerprint density at radius 3 is 2.54 bits per heavy atom. The van der Waals surface area contributed by atoms with Crippen LogP contribution in [-0.4, -0.2) is 16.1 Å². The number of aromatic nitrogens is 2. The van der Waals surface area contributed by atoms with E-state index in [1.807, 2.05) is 48.7 Å². The molecule has 0 fully saturated rings. The highest BCUT2D eigenvalue weighted by Gasteiger charge is 2.23. The molecule has 2 N–H and O–H groups in total. The van der Waals surface area contributed by atoms with Crippen molar-refractivity contribution < 1.29 is 4.79 Å². The molecule has 0 bridgehead atoms. The lowest BCUT2D eigenvalue weighted by molar-refractivity contribution is 0.0921. The zero-order chi connectivity index (χ0) is 17.1. The quantitative estimate of drug-likeness (QED) is 0.715. The van der Waals surface area contributed by atoms with Crippen LogP contribution < -0.4 is 5.32 Å². The molecular weight excluding hydrogens is 318 g/mol. The second-order valence-corrected chi connectivity index (χ2v) is 7.13. The van der Waals surface area contributed by atoms with E-state index in [-0.39, 0.29) is 11.9 Å². The normalized spacial score (nSPS) is 12.3. The van der Waals surface area contributed by atoms with E-state index < -0.39 is 0 Å². The Morgan fingerprint density at radius 2 is 1.92 bits per heavy atom. The van der Waals surface area contributed by atoms with Crippen LogP contribution in [0.3, 0.4) is 0 Å². The predicted octanol–water partition coefficient (Wildman–Crippen LogP) is 4.57. The molecule has 0 saturated carbocycles. The number of nitrogens with zero attached hydrogens (tertiary/aromatic N) is 1. The molecule has 0 spiro atoms. The fourth-order valence-electron chi connectivity index (χ4n) is 2.74. The Hall–Kier alpha value is -2.40. The summed E-state index contributed by atoms with van der Waals surface area (Å²) in [6.07, 6.45) is 0. The van der Waals surface area contributed by atoms with Crippen molar-refractivity contribution in [2.75, 3.05) is 0 Å². The van der Waals surface area contributed by atoms with Gasteiger partial charge in [-0.25, -0.2) is 0 Å². The third-order valence-corrected chi connectivity index (χ3v) is 5.04. The van der Waals surface area contributed by atoms with Crippen LogP contribution in [-0.2, 0) is 0 Å². The van der Waals surface area contributed by atoms with Crippen molar-refractivity contribution in [3.63, 3.8) is 0 Å². The van der Waals surface area contributed by atoms with Crippen molar-refractivity contribution in [1.29, 1.82) is 0 Å². The minimum atomic E-state index is -0.116. The number of hydrogen-bond acceptors (Lipinski definition) is 3. The van der Waals surface area contributed by atoms with Gasteiger partial charge in [-0.1, -0.05) is 50.2 Å². The second kappa shape index (κ2) is 7.01. The van der Waals surface area contributed by atoms with Crippen LogP contribution in [0.25, 0.3) is 11.3 Å². The van der Waals surface area contributed by atoms with Crippen LogP contribution in [0.2, 0.25) is 0 Å². The molecule has 4 nitrogen and oxygen atoms in total. The molecule has 0 unspecified atom stereocenters. The summed E-state index contributed by atoms with van der Waals surface area (Å²) in [5, 5.41) is 12.4. The van der Waals surface area contributed by atoms with Crippen molar-refractivity contribution in [3.8, 4) is 11.3 Å². The van der Waals surface area contributed by atoms with E-state index in [0.29, 0.717) is 11.6 Å². The summed E-state index contributed by atoms with van der Waals surface area (Å²) in [5.41, 5.74) is 3.21. The third-order valence-electron chi connectivity index (χ3n) is 4.09. The molecule has 24 heavy (non-hydrogen) atoms. The standard InChI is InChI=1S/C19H21N3OS/c1-12(2)16(15-10-7-11-24-15)20-19(23)18-13(3)17(21-22-18)14-8-5-4-6-9-14/h4-12,16H,1-3H3,(H,20,23)(H,21,22)/t16-/m0/s1. The van der Waals surface area contributed by atoms with E-state index in [1.165, 1.54) is 4.88 Å². The number of thiophene rings is 1. The van der Waals surface area contributed by atoms with Gasteiger partial charge in [0.15, 0.2) is 0 Å². The number of H-pyrrole nitrogens is 1. The largest absolute Gasteiger partial charge is 0.343 e. The fourth-order valence-corrected chi connectivity index (χ4v) is 3.69. The molecule has 0 aliphatic rings. The highest BCUT2D eigenvalue weighted by atomic mass is 32.1. The Bertz CT molecular complexity index is 807. The van der Waals surface area contributed by atoms with Crippen molar-refractivity contribution in [1.82, 2.24) is 15.5 Å². The number of rotatable bonds is 5. The maximum Gasteiger partial charge on any atom is 0.270 e. The summed E-state index contributed by atoms with van der Waals surface area (Å²) in [4.78, 5) is 13.9. The van der Waals surface area contributed by atoms with Gasteiger partial charge in [-0.2, -0.15) is 5.10 Å². The van der Waals surface area contributed by atoms with Gasteiger partial charge in [0.1, 0.15) is 5.69 Å². The zero-order valence-electron chi connectivity index (χ0n) is 14.0. The summed E-state index contributed by atoms with van der Waals surface area (Å²) in [6.45, 7) is 6.15. The first-order chi connectivity index (χ1) is 11.6. The van der Waals surface area contributed by atoms with Crippen LogP contribution in [0, 0.1) is 12.8 Å². The van der Waals surface area contributed by atoms with Gasteiger partial charge in [0.05, 0.1) is 11.7 Å². The second-order valence-electron chi connectivity index (χ2n) is 6.15. The number of benzene rings is 1. The van der Waals surface area contributed by atoms with Gasteiger partial charge < -0.3 is 5.32 Å². The lowest BCUT2D eigenvalue weighted by Gasteiger charge is -2.21. The maximum atomic E-state index is 12.7. The van der Waals surface area contributed by atoms with Gasteiger partial charge in [-0.05, 0) is 24.3 Å². The third kappa shape index (κ3) is 3.26. The molecule has 124 valence electrons. The van der Waals surface area contributed by atoms with Gasteiger partial charge in [-0.3, -0.25) is 9.89 Å². The van der Waals surface area contributed by atoms with Crippen LogP contribution in [0.1, 0.15) is 40.8 Å². The Kier molecular flexibility index (Phi) is 4.81. The molecular formula is C19H21N3OS. The summed E-state index contributed by atoms with van der Waals surface area (Å²) in [5.74, 6) is 0.193. The van der Waals surface area contributed by atoms with Gasteiger partial charge in [0.25, 0.3) is 5.91 Å². The highest BCUT2D eigenvalue weighted by Crippen LogP contribution is 2.27. The Balaban J connectivity index is 1.84. The lowest BCUT2D eigenvalue weighted by Crippen LogP contribution is -2.31. The molecule has 1 aromatic carbocycles. The first-order valence-corrected chi connectivity index (χ1v) is 8.90. The van der Waals surface area contributed by atoms with Crippen molar-refractivity contribution in [2.24, 2.45) is 5.92 Å². The first-order valence-electron chi connectivity index (χ1n) is 8.02. The van der Waals surface area contributed by atoms with Crippen LogP contribution in [0.5, 0.6) is 0 Å². The SMILES string of the molecule is Cc1c(-c2ccccc2)n[nH]c1C(=O)N[C@H](c1cccs1)C(C)C. The van der Waals surface area contributed by atoms with Crippen molar-refractivity contribution in [2.45, 2.75) is 26.8 Å². The average molecular weight is 339 g/mol. The molecule has 3 aromatic rings. The Morgan fingerprint density at radius 1 is 1.17 bits per heavy atom. The molecule has 0 aliphatic heterocycles. The van der Waals surface area contributed by atoms with E-state index in [2.05, 4.69) is 35.4 Å². The molecule has 5 heteroatoms. The van der Waals surface area contributed by atoms with E-state index in [1.54, 1.807) is 11.3 Å². The number of amides is 1. The van der Waals surface area contributed by atoms with E-state index in [9.17, 15) is 4.79 Å². The minimum Gasteiger partial charge on any atom is -0.343 e. The Labute approximate surface area is 145 Å². The molecule has 0 radical (unpaired) electrons. The topological polar surface area (TPSA) is 57.8 Å². The molecule has 0 aliphatic carbocycles. The summed E-state index contributed by atoms with van der Waals surface area (Å²) in [6, 6.07) is 14.0. The van der Waals surface area contributed by atoms with Crippen molar-refractivity contribution >= 4 is 17.2 Å². The molecule has 1 atom stereocenters. The van der Waals surface area contributed by atoms with Crippen LogP contribution >= 0.6 is 11.3 Å². The van der Waals surface area contributed by atoms with Crippen LogP contribution in [0.4, 0.5) is 0 Å². The average Bonchev–Trinajstić information content (AvgIpc) is 3.22. The smallest absolute Gasteiger partial charge is 0.270 e. The monoisotopic (exact) mass is 339 g/mol. The fraction of sp³-hybridized carbons (Fsp3) is 0.263. The zero-order valence-corrected chi connectivity index (χ0v) is 14.9.